The molecule has 0 saturated heterocycles. The van der Waals surface area contributed by atoms with Crippen molar-refractivity contribution < 1.29 is 10.2 Å². The summed E-state index contributed by atoms with van der Waals surface area (Å²) in [6, 6.07) is -0.500. The Morgan fingerprint density at radius 1 is 0.950 bits per heavy atom. The zero-order chi connectivity index (χ0) is 15.1. The number of rotatable bonds is 14. The lowest BCUT2D eigenvalue weighted by atomic mass is 10.0. The Morgan fingerprint density at radius 3 is 1.95 bits per heavy atom. The number of aliphatic hydroxyl groups excluding tert-OH is 2. The first-order valence-electron chi connectivity index (χ1n) is 7.77. The lowest BCUT2D eigenvalue weighted by Crippen LogP contribution is -2.37. The van der Waals surface area contributed by atoms with Crippen molar-refractivity contribution in [1.29, 1.82) is 0 Å². The second kappa shape index (κ2) is 14.6. The summed E-state index contributed by atoms with van der Waals surface area (Å²) in [5.74, 6) is 0. The topological polar surface area (TPSA) is 115 Å². The number of unbranched alkanes of at least 4 members (excludes halogenated alkanes) is 8. The highest BCUT2D eigenvalue weighted by Gasteiger charge is 2.12. The van der Waals surface area contributed by atoms with Crippen molar-refractivity contribution in [2.45, 2.75) is 76.4 Å². The number of aliphatic hydroxyl groups is 2. The smallest absolute Gasteiger partial charge is 0.0713 e. The van der Waals surface area contributed by atoms with Crippen LogP contribution in [0, 0.1) is 0 Å². The number of hydrogen-bond acceptors (Lipinski definition) is 4. The first-order valence-corrected chi connectivity index (χ1v) is 7.77. The monoisotopic (exact) mass is 286 g/mol. The molecule has 0 heterocycles. The highest BCUT2D eigenvalue weighted by atomic mass is 16.3. The van der Waals surface area contributed by atoms with E-state index in [9.17, 15) is 5.11 Å². The van der Waals surface area contributed by atoms with Gasteiger partial charge in [0, 0.05) is 11.5 Å². The Morgan fingerprint density at radius 2 is 1.45 bits per heavy atom. The molecule has 0 saturated carbocycles. The van der Waals surface area contributed by atoms with E-state index in [1.54, 1.807) is 0 Å². The Balaban J connectivity index is 3.15. The molecule has 2 atom stereocenters. The molecule has 0 aromatic heterocycles. The Labute approximate surface area is 122 Å². The minimum atomic E-state index is -0.573. The van der Waals surface area contributed by atoms with Crippen LogP contribution in [0.1, 0.15) is 64.2 Å². The highest BCUT2D eigenvalue weighted by molar-refractivity contribution is 4.70. The molecular formula is C14H30N4O2. The zero-order valence-corrected chi connectivity index (χ0v) is 12.5. The van der Waals surface area contributed by atoms with Gasteiger partial charge in [0.2, 0.25) is 0 Å². The van der Waals surface area contributed by atoms with E-state index >= 15 is 0 Å². The van der Waals surface area contributed by atoms with Gasteiger partial charge in [-0.25, -0.2) is 0 Å². The van der Waals surface area contributed by atoms with E-state index in [4.69, 9.17) is 16.4 Å². The third-order valence-electron chi connectivity index (χ3n) is 3.53. The molecule has 0 radical (unpaired) electrons. The molecular weight excluding hydrogens is 256 g/mol. The van der Waals surface area contributed by atoms with Crippen molar-refractivity contribution in [3.63, 3.8) is 0 Å². The molecule has 4 N–H and O–H groups in total. The van der Waals surface area contributed by atoms with Crippen LogP contribution in [0.15, 0.2) is 5.11 Å². The minimum Gasteiger partial charge on any atom is -0.395 e. The van der Waals surface area contributed by atoms with Gasteiger partial charge in [-0.1, -0.05) is 56.5 Å². The van der Waals surface area contributed by atoms with Gasteiger partial charge in [0.05, 0.1) is 18.8 Å². The summed E-state index contributed by atoms with van der Waals surface area (Å²) in [6.07, 6.45) is 10.5. The number of azide groups is 1. The number of hydrogen-bond donors (Lipinski definition) is 3. The molecule has 0 amide bonds. The van der Waals surface area contributed by atoms with E-state index in [1.807, 2.05) is 0 Å². The van der Waals surface area contributed by atoms with Crippen molar-refractivity contribution in [2.75, 3.05) is 13.2 Å². The van der Waals surface area contributed by atoms with Crippen LogP contribution in [0.4, 0.5) is 0 Å². The standard InChI is InChI=1S/C14H30N4O2/c15-13(12-19)14(20)10-8-6-4-2-1-3-5-7-9-11-17-18-16/h13-14,19-20H,1-12,15H2/t13-,14+/m0/s1. The van der Waals surface area contributed by atoms with Crippen LogP contribution in [0.3, 0.4) is 0 Å². The molecule has 118 valence electrons. The van der Waals surface area contributed by atoms with Gasteiger partial charge in [-0.3, -0.25) is 0 Å². The SMILES string of the molecule is [N-]=[N+]=NCCCCCCCCCCC[C@@H](O)[C@@H](N)CO. The van der Waals surface area contributed by atoms with Crippen LogP contribution in [-0.2, 0) is 0 Å². The van der Waals surface area contributed by atoms with Crippen LogP contribution < -0.4 is 5.73 Å². The molecule has 0 aliphatic rings. The minimum absolute atomic E-state index is 0.152. The van der Waals surface area contributed by atoms with Gasteiger partial charge in [-0.2, -0.15) is 0 Å². The molecule has 20 heavy (non-hydrogen) atoms. The molecule has 6 nitrogen and oxygen atoms in total. The summed E-state index contributed by atoms with van der Waals surface area (Å²) in [6.45, 7) is 0.468. The molecule has 0 spiro atoms. The first kappa shape index (κ1) is 19.2. The van der Waals surface area contributed by atoms with Gasteiger partial charge < -0.3 is 15.9 Å². The average molecular weight is 286 g/mol. The van der Waals surface area contributed by atoms with Crippen LogP contribution in [0.2, 0.25) is 0 Å². The molecule has 6 heteroatoms. The lowest BCUT2D eigenvalue weighted by molar-refractivity contribution is 0.0990. The molecule has 0 aliphatic heterocycles. The fourth-order valence-corrected chi connectivity index (χ4v) is 2.15. The summed E-state index contributed by atoms with van der Waals surface area (Å²) in [4.78, 5) is 2.73. The van der Waals surface area contributed by atoms with Crippen LogP contribution >= 0.6 is 0 Å². The van der Waals surface area contributed by atoms with Gasteiger partial charge in [-0.05, 0) is 18.4 Å². The van der Waals surface area contributed by atoms with Crippen molar-refractivity contribution in [2.24, 2.45) is 10.8 Å². The lowest BCUT2D eigenvalue weighted by Gasteiger charge is -2.15. The van der Waals surface area contributed by atoms with E-state index in [0.29, 0.717) is 13.0 Å². The molecule has 0 rings (SSSR count). The van der Waals surface area contributed by atoms with E-state index < -0.39 is 12.1 Å². The van der Waals surface area contributed by atoms with Gasteiger partial charge in [0.15, 0.2) is 0 Å². The van der Waals surface area contributed by atoms with Crippen molar-refractivity contribution in [3.8, 4) is 0 Å². The quantitative estimate of drug-likeness (QED) is 0.197. The van der Waals surface area contributed by atoms with E-state index in [-0.39, 0.29) is 6.61 Å². The molecule has 0 aliphatic carbocycles. The maximum atomic E-state index is 9.56. The fraction of sp³-hybridized carbons (Fsp3) is 1.00. The van der Waals surface area contributed by atoms with Crippen LogP contribution in [0.5, 0.6) is 0 Å². The second-order valence-corrected chi connectivity index (χ2v) is 5.34. The maximum absolute atomic E-state index is 9.56. The summed E-state index contributed by atoms with van der Waals surface area (Å²) in [5.41, 5.74) is 13.6. The van der Waals surface area contributed by atoms with Crippen molar-refractivity contribution in [1.82, 2.24) is 0 Å². The Kier molecular flexibility index (Phi) is 14.0. The molecule has 0 aromatic rings. The first-order chi connectivity index (χ1) is 9.72. The molecule has 0 fully saturated rings. The van der Waals surface area contributed by atoms with Gasteiger partial charge in [0.25, 0.3) is 0 Å². The highest BCUT2D eigenvalue weighted by Crippen LogP contribution is 2.12. The summed E-state index contributed by atoms with van der Waals surface area (Å²) < 4.78 is 0. The van der Waals surface area contributed by atoms with Gasteiger partial charge in [0.1, 0.15) is 0 Å². The summed E-state index contributed by atoms with van der Waals surface area (Å²) in [7, 11) is 0. The normalized spacial score (nSPS) is 13.8. The largest absolute Gasteiger partial charge is 0.395 e. The third kappa shape index (κ3) is 12.2. The van der Waals surface area contributed by atoms with E-state index in [2.05, 4.69) is 10.0 Å². The Hall–Kier alpha value is -0.810. The van der Waals surface area contributed by atoms with Crippen molar-refractivity contribution >= 4 is 0 Å². The number of nitrogens with zero attached hydrogens (tertiary/aromatic N) is 3. The molecule has 0 aromatic carbocycles. The van der Waals surface area contributed by atoms with Crippen molar-refractivity contribution in [3.05, 3.63) is 10.4 Å². The van der Waals surface area contributed by atoms with Crippen LogP contribution in [-0.4, -0.2) is 35.5 Å². The molecule has 0 bridgehead atoms. The van der Waals surface area contributed by atoms with Gasteiger partial charge in [-0.15, -0.1) is 0 Å². The van der Waals surface area contributed by atoms with E-state index in [1.165, 1.54) is 32.1 Å². The van der Waals surface area contributed by atoms with Gasteiger partial charge >= 0.3 is 0 Å². The summed E-state index contributed by atoms with van der Waals surface area (Å²) >= 11 is 0. The average Bonchev–Trinajstić information content (AvgIpc) is 2.47. The molecule has 0 unspecified atom stereocenters. The second-order valence-electron chi connectivity index (χ2n) is 5.34. The van der Waals surface area contributed by atoms with E-state index in [0.717, 1.165) is 25.7 Å². The maximum Gasteiger partial charge on any atom is 0.0713 e. The summed E-state index contributed by atoms with van der Waals surface area (Å²) in [5, 5.41) is 21.9. The third-order valence-corrected chi connectivity index (χ3v) is 3.53. The predicted octanol–water partition coefficient (Wildman–Crippen LogP) is 2.88. The fourth-order valence-electron chi connectivity index (χ4n) is 2.15. The van der Waals surface area contributed by atoms with Crippen LogP contribution in [0.25, 0.3) is 10.4 Å². The zero-order valence-electron chi connectivity index (χ0n) is 12.5. The number of nitrogens with two attached hydrogens (primary N) is 1. The predicted molar refractivity (Wildman–Crippen MR) is 81.3 cm³/mol. The Bertz CT molecular complexity index is 258.